The highest BCUT2D eigenvalue weighted by atomic mass is 35.5. The van der Waals surface area contributed by atoms with Crippen molar-refractivity contribution < 1.29 is 17.0 Å². The van der Waals surface area contributed by atoms with Crippen molar-refractivity contribution in [1.29, 1.82) is 0 Å². The molecule has 0 aliphatic heterocycles. The van der Waals surface area contributed by atoms with E-state index in [-0.39, 0.29) is 12.4 Å². The Morgan fingerprint density at radius 3 is 1.76 bits per heavy atom. The lowest BCUT2D eigenvalue weighted by molar-refractivity contribution is -0.586. The molecular weight excluding hydrogens is 538 g/mol. The molecular formula is C36H32ClN5. The lowest BCUT2D eigenvalue weighted by atomic mass is 10.1. The van der Waals surface area contributed by atoms with Crippen LogP contribution in [0.5, 0.6) is 0 Å². The van der Waals surface area contributed by atoms with Crippen molar-refractivity contribution >= 4 is 11.4 Å². The molecule has 0 saturated carbocycles. The molecule has 0 unspecified atom stereocenters. The van der Waals surface area contributed by atoms with E-state index in [0.29, 0.717) is 0 Å². The Labute approximate surface area is 253 Å². The van der Waals surface area contributed by atoms with Crippen LogP contribution in [0, 0.1) is 20.8 Å². The molecule has 0 radical (unpaired) electrons. The van der Waals surface area contributed by atoms with Gasteiger partial charge in [0.05, 0.1) is 16.3 Å². The molecule has 0 spiro atoms. The maximum Gasteiger partial charge on any atom is 0.314 e. The monoisotopic (exact) mass is 569 g/mol. The zero-order valence-electron chi connectivity index (χ0n) is 23.9. The molecule has 1 aromatic heterocycles. The molecule has 0 atom stereocenters. The number of hydrazone groups is 1. The van der Waals surface area contributed by atoms with Crippen molar-refractivity contribution in [3.05, 3.63) is 162 Å². The summed E-state index contributed by atoms with van der Waals surface area (Å²) < 4.78 is 4.21. The van der Waals surface area contributed by atoms with E-state index >= 15 is 0 Å². The number of para-hydroxylation sites is 2. The third kappa shape index (κ3) is 6.02. The molecule has 208 valence electrons. The van der Waals surface area contributed by atoms with Gasteiger partial charge in [0.1, 0.15) is 11.4 Å². The molecule has 5 nitrogen and oxygen atoms in total. The number of nitrogens with one attached hydrogen (secondary N) is 1. The van der Waals surface area contributed by atoms with E-state index in [1.54, 1.807) is 0 Å². The molecule has 0 bridgehead atoms. The molecule has 6 aromatic rings. The quantitative estimate of drug-likeness (QED) is 0.173. The number of benzene rings is 5. The minimum Gasteiger partial charge on any atom is -1.00 e. The number of hydrogen-bond donors (Lipinski definition) is 1. The molecule has 0 fully saturated rings. The van der Waals surface area contributed by atoms with Gasteiger partial charge in [0, 0.05) is 5.56 Å². The maximum absolute atomic E-state index is 5.27. The summed E-state index contributed by atoms with van der Waals surface area (Å²) in [6, 6.07) is 45.8. The number of hydrogen-bond acceptors (Lipinski definition) is 3. The molecule has 6 rings (SSSR count). The fourth-order valence-corrected chi connectivity index (χ4v) is 4.75. The van der Waals surface area contributed by atoms with Gasteiger partial charge < -0.3 is 12.4 Å². The minimum absolute atomic E-state index is 0. The number of aromatic nitrogens is 3. The van der Waals surface area contributed by atoms with Gasteiger partial charge in [-0.05, 0) is 69.3 Å². The van der Waals surface area contributed by atoms with Gasteiger partial charge in [-0.15, -0.1) is 0 Å². The predicted molar refractivity (Wildman–Crippen MR) is 167 cm³/mol. The van der Waals surface area contributed by atoms with Gasteiger partial charge in [0.15, 0.2) is 5.71 Å². The van der Waals surface area contributed by atoms with Crippen LogP contribution in [0.4, 0.5) is 5.69 Å². The van der Waals surface area contributed by atoms with Crippen LogP contribution in [-0.4, -0.2) is 15.5 Å². The summed E-state index contributed by atoms with van der Waals surface area (Å²) in [5, 5.41) is 10.3. The second-order valence-corrected chi connectivity index (χ2v) is 10.2. The zero-order valence-corrected chi connectivity index (χ0v) is 24.6. The van der Waals surface area contributed by atoms with Crippen molar-refractivity contribution in [2.24, 2.45) is 5.10 Å². The van der Waals surface area contributed by atoms with Gasteiger partial charge >= 0.3 is 5.82 Å². The molecule has 0 aliphatic rings. The van der Waals surface area contributed by atoms with E-state index in [0.717, 1.165) is 45.5 Å². The van der Waals surface area contributed by atoms with Crippen LogP contribution in [0.2, 0.25) is 0 Å². The van der Waals surface area contributed by atoms with Crippen LogP contribution >= 0.6 is 0 Å². The first-order chi connectivity index (χ1) is 20.1. The summed E-state index contributed by atoms with van der Waals surface area (Å²) in [5.74, 6) is 1.66. The van der Waals surface area contributed by atoms with Crippen LogP contribution in [0.15, 0.2) is 139 Å². The fourth-order valence-electron chi connectivity index (χ4n) is 4.75. The Kier molecular flexibility index (Phi) is 8.60. The Morgan fingerprint density at radius 2 is 1.17 bits per heavy atom. The Hall–Kier alpha value is -5.00. The van der Waals surface area contributed by atoms with Crippen LogP contribution < -0.4 is 22.4 Å². The largest absolute Gasteiger partial charge is 1.00 e. The predicted octanol–water partition coefficient (Wildman–Crippen LogP) is 4.61. The average molecular weight is 570 g/mol. The van der Waals surface area contributed by atoms with E-state index in [2.05, 4.69) is 116 Å². The highest BCUT2D eigenvalue weighted by molar-refractivity contribution is 6.10. The van der Waals surface area contributed by atoms with Crippen molar-refractivity contribution in [3.8, 4) is 22.8 Å². The summed E-state index contributed by atoms with van der Waals surface area (Å²) >= 11 is 0. The third-order valence-corrected chi connectivity index (χ3v) is 7.03. The van der Waals surface area contributed by atoms with E-state index in [4.69, 9.17) is 10.2 Å². The number of halogens is 1. The normalized spacial score (nSPS) is 11.2. The Morgan fingerprint density at radius 1 is 0.643 bits per heavy atom. The van der Waals surface area contributed by atoms with Gasteiger partial charge in [-0.3, -0.25) is 5.43 Å². The second kappa shape index (κ2) is 12.7. The first kappa shape index (κ1) is 28.5. The van der Waals surface area contributed by atoms with E-state index in [9.17, 15) is 0 Å². The van der Waals surface area contributed by atoms with E-state index < -0.39 is 0 Å². The fraction of sp³-hybridized carbons (Fsp3) is 0.0833. The lowest BCUT2D eigenvalue weighted by Gasteiger charge is -2.11. The summed E-state index contributed by atoms with van der Waals surface area (Å²) in [7, 11) is 0. The van der Waals surface area contributed by atoms with Gasteiger partial charge in [0.25, 0.3) is 5.82 Å². The van der Waals surface area contributed by atoms with E-state index in [1.807, 2.05) is 53.2 Å². The van der Waals surface area contributed by atoms with Crippen LogP contribution in [0.25, 0.3) is 22.8 Å². The minimum atomic E-state index is 0. The second-order valence-electron chi connectivity index (χ2n) is 10.2. The molecule has 0 aliphatic carbocycles. The molecule has 0 saturated heterocycles. The van der Waals surface area contributed by atoms with Crippen molar-refractivity contribution in [2.45, 2.75) is 20.8 Å². The smallest absolute Gasteiger partial charge is 0.314 e. The summed E-state index contributed by atoms with van der Waals surface area (Å²) in [5.41, 5.74) is 12.5. The first-order valence-corrected chi connectivity index (χ1v) is 13.8. The Balaban J connectivity index is 0.00000353. The maximum atomic E-state index is 5.27. The van der Waals surface area contributed by atoms with Gasteiger partial charge in [-0.1, -0.05) is 106 Å². The number of rotatable bonds is 7. The van der Waals surface area contributed by atoms with Crippen LogP contribution in [0.1, 0.15) is 28.1 Å². The Bertz CT molecular complexity index is 1790. The van der Waals surface area contributed by atoms with E-state index in [1.165, 1.54) is 16.7 Å². The number of aryl methyl sites for hydroxylation is 3. The van der Waals surface area contributed by atoms with Crippen molar-refractivity contribution in [3.63, 3.8) is 0 Å². The van der Waals surface area contributed by atoms with Gasteiger partial charge in [0.2, 0.25) is 0 Å². The number of anilines is 1. The average Bonchev–Trinajstić information content (AvgIpc) is 3.40. The van der Waals surface area contributed by atoms with Gasteiger partial charge in [-0.25, -0.2) is 0 Å². The SMILES string of the molecule is Cc1ccc(/C(=N\Nc2ccccc2)c2n(-c3ccccc3)nc(-c3ccc(C)cc3)[n+]2-c2ccc(C)cc2)cc1.[Cl-]. The van der Waals surface area contributed by atoms with Crippen LogP contribution in [-0.2, 0) is 0 Å². The highest BCUT2D eigenvalue weighted by Gasteiger charge is 2.34. The van der Waals surface area contributed by atoms with Crippen molar-refractivity contribution in [1.82, 2.24) is 9.78 Å². The summed E-state index contributed by atoms with van der Waals surface area (Å²) in [6.07, 6.45) is 0. The standard InChI is InChI=1S/C36H31N5.ClH/c1-26-14-20-29(21-15-26)34(38-37-31-10-6-4-7-11-31)36-40(32-24-18-28(3)19-25-32)35(30-22-16-27(2)17-23-30)39-41(36)33-12-8-5-9-13-33;/h4-25H,1-3H3;1H. The van der Waals surface area contributed by atoms with Gasteiger partial charge in [-0.2, -0.15) is 9.67 Å². The molecule has 0 amide bonds. The lowest BCUT2D eigenvalue weighted by Crippen LogP contribution is -3.00. The summed E-state index contributed by atoms with van der Waals surface area (Å²) in [4.78, 5) is 0. The zero-order chi connectivity index (χ0) is 28.2. The molecule has 1 heterocycles. The first-order valence-electron chi connectivity index (χ1n) is 13.8. The highest BCUT2D eigenvalue weighted by Crippen LogP contribution is 2.23. The topological polar surface area (TPSA) is 46.1 Å². The third-order valence-electron chi connectivity index (χ3n) is 7.03. The molecule has 1 N–H and O–H groups in total. The number of nitrogens with zero attached hydrogens (tertiary/aromatic N) is 4. The molecule has 5 aromatic carbocycles. The van der Waals surface area contributed by atoms with Crippen LogP contribution in [0.3, 0.4) is 0 Å². The summed E-state index contributed by atoms with van der Waals surface area (Å²) in [6.45, 7) is 6.30. The molecule has 42 heavy (non-hydrogen) atoms. The van der Waals surface area contributed by atoms with Crippen molar-refractivity contribution in [2.75, 3.05) is 5.43 Å². The molecule has 6 heteroatoms.